The van der Waals surface area contributed by atoms with Gasteiger partial charge in [-0.1, -0.05) is 12.1 Å². The van der Waals surface area contributed by atoms with Crippen molar-refractivity contribution in [3.8, 4) is 78.8 Å². The van der Waals surface area contributed by atoms with Crippen molar-refractivity contribution in [3.63, 3.8) is 0 Å². The normalized spacial score (nSPS) is 12.0. The van der Waals surface area contributed by atoms with Gasteiger partial charge in [0.25, 0.3) is 17.0 Å². The molecule has 39 heteroatoms. The van der Waals surface area contributed by atoms with Crippen molar-refractivity contribution in [2.24, 2.45) is 0 Å². The van der Waals surface area contributed by atoms with Crippen LogP contribution in [0.1, 0.15) is 77.8 Å². The van der Waals surface area contributed by atoms with E-state index in [0.717, 1.165) is 72.7 Å². The summed E-state index contributed by atoms with van der Waals surface area (Å²) >= 11 is 0. The van der Waals surface area contributed by atoms with Gasteiger partial charge in [0.05, 0.1) is 93.5 Å². The second kappa shape index (κ2) is 40.1. The summed E-state index contributed by atoms with van der Waals surface area (Å²) in [6.07, 6.45) is 22.1. The van der Waals surface area contributed by atoms with Crippen LogP contribution in [0.2, 0.25) is 0 Å². The van der Waals surface area contributed by atoms with Crippen molar-refractivity contribution in [3.05, 3.63) is 222 Å². The number of carbonyl (C=O) groups excluding carboxylic acids is 5. The minimum absolute atomic E-state index is 0.0999. The Morgan fingerprint density at radius 1 is 0.421 bits per heavy atom. The van der Waals surface area contributed by atoms with E-state index in [4.69, 9.17) is 14.2 Å². The van der Waals surface area contributed by atoms with Crippen molar-refractivity contribution in [2.75, 3.05) is 82.9 Å². The van der Waals surface area contributed by atoms with Gasteiger partial charge < -0.3 is 69.4 Å². The van der Waals surface area contributed by atoms with Crippen LogP contribution in [-0.2, 0) is 9.47 Å². The summed E-state index contributed by atoms with van der Waals surface area (Å²) in [5.74, 6) is 1.15. The number of methoxy groups -OCH3 is 3. The molecule has 648 valence electrons. The molecule has 4 atom stereocenters. The number of pyridine rings is 4. The van der Waals surface area contributed by atoms with Crippen LogP contribution < -0.4 is 58.4 Å². The molecule has 0 saturated carbocycles. The number of ether oxygens (including phenoxy) is 3. The Labute approximate surface area is 720 Å². The maximum Gasteiger partial charge on any atom is 0.321 e. The molecule has 12 heterocycles. The van der Waals surface area contributed by atoms with Crippen LogP contribution in [0.4, 0.5) is 43.0 Å². The summed E-state index contributed by atoms with van der Waals surface area (Å²) in [6.45, 7) is 17.1. The number of anilines is 4. The number of H-pyrrole nitrogens is 4. The first kappa shape index (κ1) is 87.7. The molecule has 0 saturated heterocycles. The lowest BCUT2D eigenvalue weighted by Gasteiger charge is -2.21. The van der Waals surface area contributed by atoms with Crippen LogP contribution in [0.15, 0.2) is 205 Å². The van der Waals surface area contributed by atoms with E-state index in [1.807, 2.05) is 171 Å². The van der Waals surface area contributed by atoms with Gasteiger partial charge >= 0.3 is 30.1 Å². The topological polar surface area (TPSA) is 476 Å². The molecule has 0 aliphatic carbocycles. The number of hydrogen-bond donors (Lipinski definition) is 12. The van der Waals surface area contributed by atoms with Crippen LogP contribution in [-0.4, -0.2) is 207 Å². The Bertz CT molecular complexity index is 6410. The Balaban J connectivity index is 0.000000144. The van der Waals surface area contributed by atoms with E-state index in [0.29, 0.717) is 106 Å². The van der Waals surface area contributed by atoms with E-state index < -0.39 is 0 Å². The molecule has 0 aliphatic rings. The summed E-state index contributed by atoms with van der Waals surface area (Å²) in [6, 6.07) is 34.3. The summed E-state index contributed by atoms with van der Waals surface area (Å²) in [4.78, 5) is 135. The van der Waals surface area contributed by atoms with E-state index in [2.05, 4.69) is 118 Å². The number of urea groups is 4. The standard InChI is InChI=1S/2C23H27N7O3.C21H22N8O2.C20H19N7O2/c2*1-5-24-23(32)28-22-26-18-11-17(12-19(21(18)27-22)30-9-6-8-25-30)16-7-10-29(20(31)13-16)14(2)15(3)33-4;1-4-23-21(31)27-20-25-16-8-14(13-6-5-7-22-10-13)9-17(18(16)26-20)29-12-15(11-24-29)19(30)28(2)3;1-3-21-19(28)27-18-25-16-9-12(13-10-23-20(29-2)24-11-13)8-14(17(16)26-18)15-6-4-5-7-22-15/h2*6-15H,5H2,1-4H3,(H3,24,26,27,28,32);5-12H,4H2,1-3H3,(H3,23,25,26,27,31);4-11H,3H2,1-2H3,(H3,21,25,26,27,28)/t14-,15+;14-,15-;;/m00../s1. The highest BCUT2D eigenvalue weighted by Crippen LogP contribution is 2.36. The van der Waals surface area contributed by atoms with Crippen LogP contribution in [0, 0.1) is 0 Å². The fourth-order valence-corrected chi connectivity index (χ4v) is 13.4. The maximum atomic E-state index is 12.9. The van der Waals surface area contributed by atoms with Gasteiger partial charge in [-0.05, 0) is 180 Å². The first-order chi connectivity index (χ1) is 60.9. The Kier molecular flexibility index (Phi) is 27.9. The number of hydrogen-bond acceptors (Lipinski definition) is 21. The zero-order chi connectivity index (χ0) is 89.2. The number of carbonyl (C=O) groups is 5. The molecule has 0 spiro atoms. The highest BCUT2D eigenvalue weighted by atomic mass is 16.5. The molecule has 12 N–H and O–H groups in total. The molecule has 126 heavy (non-hydrogen) atoms. The van der Waals surface area contributed by atoms with E-state index in [-0.39, 0.29) is 65.4 Å². The molecule has 0 fully saturated rings. The van der Waals surface area contributed by atoms with E-state index >= 15 is 0 Å². The Hall–Kier alpha value is -16.1. The quantitative estimate of drug-likeness (QED) is 0.0267. The molecule has 0 aliphatic heterocycles. The van der Waals surface area contributed by atoms with Crippen molar-refractivity contribution < 1.29 is 38.2 Å². The van der Waals surface area contributed by atoms with Crippen LogP contribution >= 0.6 is 0 Å². The number of aromatic amines is 4. The van der Waals surface area contributed by atoms with Crippen molar-refractivity contribution in [1.29, 1.82) is 0 Å². The van der Waals surface area contributed by atoms with Gasteiger partial charge in [0.15, 0.2) is 0 Å². The van der Waals surface area contributed by atoms with Crippen LogP contribution in [0.25, 0.3) is 117 Å². The third-order valence-corrected chi connectivity index (χ3v) is 20.2. The lowest BCUT2D eigenvalue weighted by atomic mass is 10.0. The molecule has 16 aromatic rings. The summed E-state index contributed by atoms with van der Waals surface area (Å²) in [7, 11) is 8.16. The number of rotatable bonds is 24. The smallest absolute Gasteiger partial charge is 0.321 e. The zero-order valence-electron chi connectivity index (χ0n) is 71.3. The number of nitrogens with one attached hydrogen (secondary N) is 12. The Morgan fingerprint density at radius 2 is 0.849 bits per heavy atom. The number of benzene rings is 4. The van der Waals surface area contributed by atoms with E-state index in [1.165, 1.54) is 18.2 Å². The van der Waals surface area contributed by atoms with Crippen molar-refractivity contribution in [2.45, 2.75) is 79.7 Å². The minimum atomic E-state index is -0.353. The fraction of sp³-hybridized carbons (Fsp3) is 0.241. The summed E-state index contributed by atoms with van der Waals surface area (Å²) in [5.41, 5.74) is 16.0. The van der Waals surface area contributed by atoms with Gasteiger partial charge in [0, 0.05) is 158 Å². The van der Waals surface area contributed by atoms with E-state index in [9.17, 15) is 33.6 Å². The molecule has 12 aromatic heterocycles. The average Bonchev–Trinajstić information content (AvgIpc) is 1.62. The van der Waals surface area contributed by atoms with Gasteiger partial charge in [-0.2, -0.15) is 15.3 Å². The van der Waals surface area contributed by atoms with Gasteiger partial charge in [-0.25, -0.2) is 63.1 Å². The highest BCUT2D eigenvalue weighted by molar-refractivity contribution is 6.00. The third kappa shape index (κ3) is 20.6. The molecule has 9 amide bonds. The lowest BCUT2D eigenvalue weighted by molar-refractivity contribution is 0.0764. The van der Waals surface area contributed by atoms with E-state index in [1.54, 1.807) is 126 Å². The number of amides is 9. The Morgan fingerprint density at radius 3 is 1.23 bits per heavy atom. The largest absolute Gasteiger partial charge is 0.467 e. The molecule has 4 aromatic carbocycles. The number of nitrogens with zero attached hydrogens (tertiary/aromatic N) is 17. The summed E-state index contributed by atoms with van der Waals surface area (Å²) < 4.78 is 24.1. The SMILES string of the molecule is CCNC(=O)Nc1nc2c(-c3ccccn3)cc(-c3cnc(OC)nc3)cc2[nH]1.CCNC(=O)Nc1nc2c(-n3cc(C(=O)N(C)C)cn3)cc(-c3cccnc3)cc2[nH]1.CCNC(=O)Nc1nc2c(-n3cccn3)cc(-c3ccn([C@@H](C)[C@@H](C)OC)c(=O)c3)cc2[nH]1.CCNC(=O)Nc1nc2c(-n3cccn3)cc(-c3ccn([C@@H](C)[C@H](C)OC)c(=O)c3)cc2[nH]1. The van der Waals surface area contributed by atoms with Gasteiger partial charge in [-0.3, -0.25) is 45.6 Å². The number of aromatic nitrogens is 20. The molecule has 0 bridgehead atoms. The second-order valence-corrected chi connectivity index (χ2v) is 28.7. The first-order valence-electron chi connectivity index (χ1n) is 40.3. The second-order valence-electron chi connectivity index (χ2n) is 28.7. The summed E-state index contributed by atoms with van der Waals surface area (Å²) in [5, 5.41) is 34.5. The zero-order valence-corrected chi connectivity index (χ0v) is 71.3. The lowest BCUT2D eigenvalue weighted by Crippen LogP contribution is -2.29. The predicted molar refractivity (Wildman–Crippen MR) is 480 cm³/mol. The average molecular weight is 1710 g/mol. The third-order valence-electron chi connectivity index (χ3n) is 20.2. The predicted octanol–water partition coefficient (Wildman–Crippen LogP) is 12.5. The maximum absolute atomic E-state index is 12.9. The molecular formula is C87H95N29O10. The monoisotopic (exact) mass is 1710 g/mol. The molecular weight excluding hydrogens is 1610 g/mol. The highest BCUT2D eigenvalue weighted by Gasteiger charge is 2.24. The van der Waals surface area contributed by atoms with Crippen molar-refractivity contribution in [1.82, 2.24) is 124 Å². The number of imidazole rings is 4. The number of fused-ring (bicyclic) bond motifs is 4. The fourth-order valence-electron chi connectivity index (χ4n) is 13.4. The van der Waals surface area contributed by atoms with Gasteiger partial charge in [0.1, 0.15) is 16.6 Å². The van der Waals surface area contributed by atoms with Crippen LogP contribution in [0.3, 0.4) is 0 Å². The van der Waals surface area contributed by atoms with Gasteiger partial charge in [0.2, 0.25) is 23.8 Å². The molecule has 0 radical (unpaired) electrons. The van der Waals surface area contributed by atoms with Gasteiger partial charge in [-0.15, -0.1) is 0 Å². The molecule has 16 rings (SSSR count). The van der Waals surface area contributed by atoms with Crippen molar-refractivity contribution >= 4 is 98.0 Å². The molecule has 0 unspecified atom stereocenters. The first-order valence-corrected chi connectivity index (χ1v) is 40.3. The minimum Gasteiger partial charge on any atom is -0.467 e. The molecule has 39 nitrogen and oxygen atoms in total. The van der Waals surface area contributed by atoms with Crippen LogP contribution in [0.5, 0.6) is 6.01 Å².